The molecular weight excluding hydrogens is 567 g/mol. The van der Waals surface area contributed by atoms with Gasteiger partial charge in [-0.15, -0.1) is 0 Å². The molecule has 216 valence electrons. The minimum atomic E-state index is -4.76. The van der Waals surface area contributed by atoms with Gasteiger partial charge in [0.2, 0.25) is 0 Å². The molecule has 2 aliphatic heterocycles. The summed E-state index contributed by atoms with van der Waals surface area (Å²) in [5, 5.41) is 9.22. The predicted molar refractivity (Wildman–Crippen MR) is 145 cm³/mol. The summed E-state index contributed by atoms with van der Waals surface area (Å²) in [6.07, 6.45) is -0.402. The van der Waals surface area contributed by atoms with Crippen molar-refractivity contribution in [2.24, 2.45) is 7.05 Å². The van der Waals surface area contributed by atoms with Crippen LogP contribution in [0, 0.1) is 11.3 Å². The monoisotopic (exact) mass is 597 g/mol. The molecule has 3 heterocycles. The van der Waals surface area contributed by atoms with Crippen molar-refractivity contribution >= 4 is 38.9 Å². The molecule has 0 atom stereocenters. The molecule has 40 heavy (non-hydrogen) atoms. The third kappa shape index (κ3) is 5.71. The maximum atomic E-state index is 13.5. The molecule has 4 rings (SSSR count). The van der Waals surface area contributed by atoms with E-state index >= 15 is 0 Å². The van der Waals surface area contributed by atoms with Gasteiger partial charge in [0.05, 0.1) is 29.2 Å². The molecule has 2 aromatic rings. The van der Waals surface area contributed by atoms with Gasteiger partial charge in [0.15, 0.2) is 10.1 Å². The van der Waals surface area contributed by atoms with E-state index in [1.54, 1.807) is 30.4 Å². The van der Waals surface area contributed by atoms with Gasteiger partial charge in [-0.25, -0.2) is 13.4 Å². The van der Waals surface area contributed by atoms with Gasteiger partial charge in [0.25, 0.3) is 15.9 Å². The number of benzene rings is 1. The molecule has 1 aromatic carbocycles. The number of piperazine rings is 1. The number of halogens is 3. The highest BCUT2D eigenvalue weighted by molar-refractivity contribution is 7.89. The number of carbonyl (C=O) groups is 1. The van der Waals surface area contributed by atoms with E-state index in [-0.39, 0.29) is 15.8 Å². The number of alkyl halides is 3. The number of unbranched alkanes of at least 4 members (excludes halogenated alkanes) is 1. The zero-order valence-electron chi connectivity index (χ0n) is 22.3. The van der Waals surface area contributed by atoms with Gasteiger partial charge in [-0.3, -0.25) is 9.69 Å². The summed E-state index contributed by atoms with van der Waals surface area (Å²) < 4.78 is 69.1. The van der Waals surface area contributed by atoms with Gasteiger partial charge in [0.1, 0.15) is 5.54 Å². The summed E-state index contributed by atoms with van der Waals surface area (Å²) >= 11 is 5.54. The maximum Gasteiger partial charge on any atom is 0.417 e. The smallest absolute Gasteiger partial charge is 0.339 e. The number of hydrogen-bond donors (Lipinski definition) is 0. The van der Waals surface area contributed by atoms with Gasteiger partial charge < -0.3 is 14.4 Å². The van der Waals surface area contributed by atoms with Crippen molar-refractivity contribution in [1.29, 1.82) is 5.26 Å². The van der Waals surface area contributed by atoms with Crippen molar-refractivity contribution in [1.82, 2.24) is 23.7 Å². The molecule has 2 saturated heterocycles. The summed E-state index contributed by atoms with van der Waals surface area (Å²) in [7, 11) is -1.92. The highest BCUT2D eigenvalue weighted by Crippen LogP contribution is 2.38. The van der Waals surface area contributed by atoms with E-state index in [0.29, 0.717) is 39.1 Å². The first kappa shape index (κ1) is 29.9. The normalized spacial score (nSPS) is 18.9. The lowest BCUT2D eigenvalue weighted by atomic mass is 10.0. The van der Waals surface area contributed by atoms with Crippen molar-refractivity contribution in [2.75, 3.05) is 44.2 Å². The number of rotatable bonds is 8. The van der Waals surface area contributed by atoms with Crippen LogP contribution in [0.3, 0.4) is 0 Å². The molecule has 0 spiro atoms. The van der Waals surface area contributed by atoms with Crippen molar-refractivity contribution in [3.63, 3.8) is 0 Å². The van der Waals surface area contributed by atoms with Crippen LogP contribution < -0.4 is 4.90 Å². The second-order valence-electron chi connectivity index (χ2n) is 10.3. The Balaban J connectivity index is 1.33. The highest BCUT2D eigenvalue weighted by Gasteiger charge is 2.49. The molecule has 1 amide bonds. The molecule has 15 heteroatoms. The summed E-state index contributed by atoms with van der Waals surface area (Å²) in [6.45, 7) is 6.37. The summed E-state index contributed by atoms with van der Waals surface area (Å²) in [5.41, 5.74) is -2.74. The Morgan fingerprint density at radius 1 is 1.12 bits per heavy atom. The van der Waals surface area contributed by atoms with Crippen LogP contribution in [0.25, 0.3) is 0 Å². The predicted octanol–water partition coefficient (Wildman–Crippen LogP) is 2.81. The number of aromatic nitrogens is 2. The van der Waals surface area contributed by atoms with Crippen LogP contribution in [-0.2, 0) is 28.0 Å². The minimum absolute atomic E-state index is 0.0320. The number of amides is 1. The van der Waals surface area contributed by atoms with E-state index in [4.69, 9.17) is 17.5 Å². The molecule has 0 radical (unpaired) electrons. The van der Waals surface area contributed by atoms with Gasteiger partial charge in [-0.05, 0) is 63.7 Å². The zero-order chi connectivity index (χ0) is 29.5. The molecule has 10 nitrogen and oxygen atoms in total. The zero-order valence-corrected chi connectivity index (χ0v) is 24.0. The third-order valence-corrected chi connectivity index (χ3v) is 9.42. The van der Waals surface area contributed by atoms with Gasteiger partial charge >= 0.3 is 6.18 Å². The number of carbonyl (C=O) groups excluding carboxylic acids is 1. The molecule has 0 aliphatic carbocycles. The Morgan fingerprint density at radius 3 is 2.35 bits per heavy atom. The Bertz CT molecular complexity index is 1440. The highest BCUT2D eigenvalue weighted by atomic mass is 32.2. The van der Waals surface area contributed by atoms with E-state index < -0.39 is 38.8 Å². The van der Waals surface area contributed by atoms with Crippen LogP contribution in [-0.4, -0.2) is 87.9 Å². The largest absolute Gasteiger partial charge is 0.417 e. The van der Waals surface area contributed by atoms with Crippen molar-refractivity contribution in [3.05, 3.63) is 41.9 Å². The number of hydrogen-bond acceptors (Lipinski definition) is 7. The fourth-order valence-corrected chi connectivity index (χ4v) is 6.79. The lowest BCUT2D eigenvalue weighted by Crippen LogP contribution is -2.49. The Labute approximate surface area is 236 Å². The lowest BCUT2D eigenvalue weighted by Gasteiger charge is -2.34. The number of aryl methyl sites for hydroxylation is 1. The fourth-order valence-electron chi connectivity index (χ4n) is 4.90. The van der Waals surface area contributed by atoms with E-state index in [2.05, 4.69) is 9.88 Å². The third-order valence-electron chi connectivity index (χ3n) is 7.23. The van der Waals surface area contributed by atoms with Gasteiger partial charge in [0, 0.05) is 46.0 Å². The van der Waals surface area contributed by atoms with Crippen LogP contribution in [0.15, 0.2) is 35.7 Å². The van der Waals surface area contributed by atoms with Crippen LogP contribution in [0.1, 0.15) is 37.8 Å². The average Bonchev–Trinajstić information content (AvgIpc) is 3.41. The fraction of sp³-hybridized carbons (Fsp3) is 0.520. The summed E-state index contributed by atoms with van der Waals surface area (Å²) in [4.78, 5) is 22.2. The topological polar surface area (TPSA) is 106 Å². The first-order valence-electron chi connectivity index (χ1n) is 12.7. The van der Waals surface area contributed by atoms with E-state index in [0.717, 1.165) is 30.0 Å². The number of sulfonamides is 1. The summed E-state index contributed by atoms with van der Waals surface area (Å²) in [6, 6.07) is 4.67. The minimum Gasteiger partial charge on any atom is -0.339 e. The van der Waals surface area contributed by atoms with Gasteiger partial charge in [-0.1, -0.05) is 0 Å². The SMILES string of the molecule is Cn1cnc(S(=O)(=O)N2CCN(CCCCN3C(=S)N(c4ccc(C#N)c(C(F)(F)F)c4)C(=O)C3(C)C)CC2)c1. The second kappa shape index (κ2) is 11.1. The Morgan fingerprint density at radius 2 is 1.77 bits per heavy atom. The molecule has 0 unspecified atom stereocenters. The quantitative estimate of drug-likeness (QED) is 0.338. The van der Waals surface area contributed by atoms with E-state index in [1.165, 1.54) is 29.0 Å². The number of nitrogens with zero attached hydrogens (tertiary/aromatic N) is 7. The maximum absolute atomic E-state index is 13.5. The molecule has 0 saturated carbocycles. The average molecular weight is 598 g/mol. The summed E-state index contributed by atoms with van der Waals surface area (Å²) in [5.74, 6) is -0.444. The first-order chi connectivity index (χ1) is 18.7. The molecule has 2 aliphatic rings. The van der Waals surface area contributed by atoms with Gasteiger partial charge in [-0.2, -0.15) is 22.7 Å². The van der Waals surface area contributed by atoms with Crippen LogP contribution in [0.4, 0.5) is 18.9 Å². The van der Waals surface area contributed by atoms with Crippen molar-refractivity contribution < 1.29 is 26.4 Å². The number of imidazole rings is 1. The Hall–Kier alpha value is -3.06. The molecule has 0 N–H and O–H groups in total. The second-order valence-corrected chi connectivity index (χ2v) is 12.6. The molecule has 1 aromatic heterocycles. The van der Waals surface area contributed by atoms with E-state index in [9.17, 15) is 26.4 Å². The van der Waals surface area contributed by atoms with Crippen molar-refractivity contribution in [3.8, 4) is 6.07 Å². The first-order valence-corrected chi connectivity index (χ1v) is 14.5. The number of anilines is 1. The molecule has 0 bridgehead atoms. The number of thiocarbonyl (C=S) groups is 1. The van der Waals surface area contributed by atoms with Crippen LogP contribution in [0.5, 0.6) is 0 Å². The van der Waals surface area contributed by atoms with Crippen molar-refractivity contribution in [2.45, 2.75) is 43.4 Å². The van der Waals surface area contributed by atoms with Crippen LogP contribution in [0.2, 0.25) is 0 Å². The lowest BCUT2D eigenvalue weighted by molar-refractivity contribution is -0.137. The van der Waals surface area contributed by atoms with E-state index in [1.807, 2.05) is 0 Å². The molecule has 2 fully saturated rings. The Kier molecular flexibility index (Phi) is 8.28. The standard InChI is InChI=1S/C25H30F3N7O3S2/c1-24(2)22(36)35(19-7-6-18(15-29)20(14-19)25(26,27)28)23(39)34(24)9-5-4-8-32-10-12-33(13-11-32)40(37,38)21-16-31(3)17-30-21/h6-7,14,16-17H,4-5,8-13H2,1-3H3. The van der Waals surface area contributed by atoms with Crippen LogP contribution >= 0.6 is 12.2 Å². The number of nitriles is 1. The molecular formula is C25H30F3N7O3S2.